The van der Waals surface area contributed by atoms with Gasteiger partial charge >= 0.3 is 5.97 Å². The Morgan fingerprint density at radius 3 is 2.35 bits per heavy atom. The molecule has 0 spiro atoms. The molecule has 0 bridgehead atoms. The maximum atomic E-state index is 11.7. The van der Waals surface area contributed by atoms with Gasteiger partial charge in [-0.3, -0.25) is 4.79 Å². The van der Waals surface area contributed by atoms with Crippen molar-refractivity contribution in [2.45, 2.75) is 26.2 Å². The molecule has 0 heterocycles. The Hall–Kier alpha value is -1.39. The molecular weight excluding hydrogens is 220 g/mol. The van der Waals surface area contributed by atoms with E-state index in [4.69, 9.17) is 14.2 Å². The molecule has 0 radical (unpaired) electrons. The molecule has 0 amide bonds. The first kappa shape index (κ1) is 13.7. The molecule has 0 saturated carbocycles. The Labute approximate surface area is 101 Å². The minimum atomic E-state index is -1.19. The maximum absolute atomic E-state index is 11.7. The van der Waals surface area contributed by atoms with E-state index in [1.165, 1.54) is 14.2 Å². The molecular formula is C13H18O4. The van der Waals surface area contributed by atoms with Crippen LogP contribution in [0.25, 0.3) is 0 Å². The standard InChI is InChI=1S/C13H18O4/c1-5-11(14)10-8-6-7-9-12(10)17-13(2,15-3)16-4/h6-9H,5H2,1-4H3. The van der Waals surface area contributed by atoms with Crippen molar-refractivity contribution in [3.05, 3.63) is 29.8 Å². The highest BCUT2D eigenvalue weighted by atomic mass is 16.9. The molecule has 0 aliphatic rings. The van der Waals surface area contributed by atoms with E-state index in [9.17, 15) is 4.79 Å². The molecule has 17 heavy (non-hydrogen) atoms. The van der Waals surface area contributed by atoms with E-state index in [1.54, 1.807) is 31.2 Å². The molecule has 0 aromatic heterocycles. The van der Waals surface area contributed by atoms with Crippen LogP contribution in [0.15, 0.2) is 24.3 Å². The fraction of sp³-hybridized carbons (Fsp3) is 0.462. The first-order chi connectivity index (χ1) is 8.06. The first-order valence-corrected chi connectivity index (χ1v) is 5.48. The van der Waals surface area contributed by atoms with Crippen molar-refractivity contribution >= 4 is 5.78 Å². The summed E-state index contributed by atoms with van der Waals surface area (Å²) in [6.07, 6.45) is 0.428. The van der Waals surface area contributed by atoms with Crippen molar-refractivity contribution in [3.8, 4) is 5.75 Å². The van der Waals surface area contributed by atoms with E-state index in [-0.39, 0.29) is 5.78 Å². The molecule has 94 valence electrons. The summed E-state index contributed by atoms with van der Waals surface area (Å²) in [5.74, 6) is -0.704. The predicted octanol–water partition coefficient (Wildman–Crippen LogP) is 2.62. The number of hydrogen-bond donors (Lipinski definition) is 0. The van der Waals surface area contributed by atoms with Gasteiger partial charge in [-0.2, -0.15) is 0 Å². The number of hydrogen-bond acceptors (Lipinski definition) is 4. The van der Waals surface area contributed by atoms with Crippen LogP contribution in [-0.2, 0) is 9.47 Å². The zero-order chi connectivity index (χ0) is 12.9. The minimum Gasteiger partial charge on any atom is -0.438 e. The average Bonchev–Trinajstić information content (AvgIpc) is 2.38. The van der Waals surface area contributed by atoms with E-state index in [1.807, 2.05) is 6.92 Å². The van der Waals surface area contributed by atoms with E-state index in [0.29, 0.717) is 17.7 Å². The summed E-state index contributed by atoms with van der Waals surface area (Å²) in [7, 11) is 2.96. The second-order valence-corrected chi connectivity index (χ2v) is 3.65. The van der Waals surface area contributed by atoms with E-state index < -0.39 is 5.97 Å². The summed E-state index contributed by atoms with van der Waals surface area (Å²) in [6, 6.07) is 7.05. The van der Waals surface area contributed by atoms with Crippen molar-refractivity contribution < 1.29 is 19.0 Å². The van der Waals surface area contributed by atoms with Crippen LogP contribution in [0.1, 0.15) is 30.6 Å². The van der Waals surface area contributed by atoms with Gasteiger partial charge in [-0.25, -0.2) is 0 Å². The molecule has 0 fully saturated rings. The van der Waals surface area contributed by atoms with E-state index in [2.05, 4.69) is 0 Å². The lowest BCUT2D eigenvalue weighted by molar-refractivity contribution is -0.309. The van der Waals surface area contributed by atoms with Gasteiger partial charge in [0.2, 0.25) is 0 Å². The molecule has 0 aliphatic heterocycles. The molecule has 0 N–H and O–H groups in total. The van der Waals surface area contributed by atoms with E-state index >= 15 is 0 Å². The number of para-hydroxylation sites is 1. The highest BCUT2D eigenvalue weighted by Crippen LogP contribution is 2.25. The largest absolute Gasteiger partial charge is 0.438 e. The molecule has 4 heteroatoms. The third-order valence-electron chi connectivity index (χ3n) is 2.55. The van der Waals surface area contributed by atoms with Crippen molar-refractivity contribution in [1.29, 1.82) is 0 Å². The first-order valence-electron chi connectivity index (χ1n) is 5.48. The van der Waals surface area contributed by atoms with Crippen LogP contribution in [0.4, 0.5) is 0 Å². The second kappa shape index (κ2) is 5.80. The lowest BCUT2D eigenvalue weighted by Crippen LogP contribution is -2.37. The summed E-state index contributed by atoms with van der Waals surface area (Å²) in [6.45, 7) is 3.45. The van der Waals surface area contributed by atoms with Crippen LogP contribution >= 0.6 is 0 Å². The predicted molar refractivity (Wildman–Crippen MR) is 64.1 cm³/mol. The Bertz CT molecular complexity index is 383. The van der Waals surface area contributed by atoms with Gasteiger partial charge in [0, 0.05) is 27.6 Å². The van der Waals surface area contributed by atoms with Crippen molar-refractivity contribution in [1.82, 2.24) is 0 Å². The SMILES string of the molecule is CCC(=O)c1ccccc1OC(C)(OC)OC. The van der Waals surface area contributed by atoms with Crippen LogP contribution in [0.3, 0.4) is 0 Å². The van der Waals surface area contributed by atoms with Crippen LogP contribution in [0.2, 0.25) is 0 Å². The van der Waals surface area contributed by atoms with Crippen molar-refractivity contribution in [2.75, 3.05) is 14.2 Å². The van der Waals surface area contributed by atoms with Crippen LogP contribution < -0.4 is 4.74 Å². The van der Waals surface area contributed by atoms with Gasteiger partial charge in [0.15, 0.2) is 5.78 Å². The molecule has 1 rings (SSSR count). The Balaban J connectivity index is 3.02. The third-order valence-corrected chi connectivity index (χ3v) is 2.55. The monoisotopic (exact) mass is 238 g/mol. The number of carbonyl (C=O) groups excluding carboxylic acids is 1. The average molecular weight is 238 g/mol. The van der Waals surface area contributed by atoms with Gasteiger partial charge in [-0.05, 0) is 12.1 Å². The fourth-order valence-corrected chi connectivity index (χ4v) is 1.34. The number of rotatable bonds is 6. The summed E-state index contributed by atoms with van der Waals surface area (Å²) in [5, 5.41) is 0. The molecule has 1 aromatic carbocycles. The normalized spacial score (nSPS) is 11.3. The van der Waals surface area contributed by atoms with Crippen molar-refractivity contribution in [3.63, 3.8) is 0 Å². The van der Waals surface area contributed by atoms with Crippen LogP contribution in [0.5, 0.6) is 5.75 Å². The summed E-state index contributed by atoms with van der Waals surface area (Å²) in [5.41, 5.74) is 0.537. The van der Waals surface area contributed by atoms with Crippen LogP contribution in [-0.4, -0.2) is 26.0 Å². The van der Waals surface area contributed by atoms with Crippen molar-refractivity contribution in [2.24, 2.45) is 0 Å². The van der Waals surface area contributed by atoms with Crippen LogP contribution in [0, 0.1) is 0 Å². The number of ketones is 1. The Kier molecular flexibility index (Phi) is 4.66. The zero-order valence-electron chi connectivity index (χ0n) is 10.6. The Morgan fingerprint density at radius 2 is 1.82 bits per heavy atom. The lowest BCUT2D eigenvalue weighted by Gasteiger charge is -2.27. The highest BCUT2D eigenvalue weighted by molar-refractivity contribution is 5.98. The van der Waals surface area contributed by atoms with E-state index in [0.717, 1.165) is 0 Å². The van der Waals surface area contributed by atoms with Gasteiger partial charge in [-0.1, -0.05) is 19.1 Å². The minimum absolute atomic E-state index is 0.0233. The van der Waals surface area contributed by atoms with Gasteiger partial charge in [0.25, 0.3) is 0 Å². The summed E-state index contributed by atoms with van der Waals surface area (Å²) in [4.78, 5) is 11.7. The Morgan fingerprint density at radius 1 is 1.24 bits per heavy atom. The van der Waals surface area contributed by atoms with Gasteiger partial charge in [-0.15, -0.1) is 0 Å². The summed E-state index contributed by atoms with van der Waals surface area (Å²) < 4.78 is 15.8. The molecule has 0 atom stereocenters. The second-order valence-electron chi connectivity index (χ2n) is 3.65. The molecule has 0 saturated heterocycles. The van der Waals surface area contributed by atoms with Gasteiger partial charge in [0.05, 0.1) is 5.56 Å². The number of methoxy groups -OCH3 is 2. The van der Waals surface area contributed by atoms with Gasteiger partial charge in [0.1, 0.15) is 5.75 Å². The molecule has 4 nitrogen and oxygen atoms in total. The fourth-order valence-electron chi connectivity index (χ4n) is 1.34. The lowest BCUT2D eigenvalue weighted by atomic mass is 10.1. The molecule has 1 aromatic rings. The summed E-state index contributed by atoms with van der Waals surface area (Å²) >= 11 is 0. The van der Waals surface area contributed by atoms with Gasteiger partial charge < -0.3 is 14.2 Å². The molecule has 0 aliphatic carbocycles. The number of ether oxygens (including phenoxy) is 3. The number of carbonyl (C=O) groups is 1. The maximum Gasteiger partial charge on any atom is 0.323 e. The quantitative estimate of drug-likeness (QED) is 0.564. The zero-order valence-corrected chi connectivity index (χ0v) is 10.6. The molecule has 0 unspecified atom stereocenters. The third kappa shape index (κ3) is 3.28. The number of benzene rings is 1. The number of Topliss-reactive ketones (excluding diaryl/α,β-unsaturated/α-hetero) is 1. The topological polar surface area (TPSA) is 44.8 Å². The highest BCUT2D eigenvalue weighted by Gasteiger charge is 2.27. The smallest absolute Gasteiger partial charge is 0.323 e.